The number of methoxy groups -OCH3 is 1. The minimum absolute atomic E-state index is 0.0663. The predicted octanol–water partition coefficient (Wildman–Crippen LogP) is 4.92. The summed E-state index contributed by atoms with van der Waals surface area (Å²) in [5, 5.41) is 0. The van der Waals surface area contributed by atoms with Crippen molar-refractivity contribution in [2.45, 2.75) is 0 Å². The second-order valence-corrected chi connectivity index (χ2v) is 5.54. The van der Waals surface area contributed by atoms with E-state index in [4.69, 9.17) is 9.47 Å². The summed E-state index contributed by atoms with van der Waals surface area (Å²) in [4.78, 5) is 12.2. The Balaban J connectivity index is 2.18. The lowest BCUT2D eigenvalue weighted by molar-refractivity contribution is 0.104. The molecular weight excluding hydrogens is 356 g/mol. The third kappa shape index (κ3) is 4.57. The summed E-state index contributed by atoms with van der Waals surface area (Å²) >= 11 is 3.38. The van der Waals surface area contributed by atoms with E-state index in [0.29, 0.717) is 23.7 Å². The molecule has 0 unspecified atom stereocenters. The molecule has 0 saturated carbocycles. The van der Waals surface area contributed by atoms with Crippen LogP contribution in [-0.4, -0.2) is 19.5 Å². The summed E-state index contributed by atoms with van der Waals surface area (Å²) < 4.78 is 11.6. The van der Waals surface area contributed by atoms with E-state index in [2.05, 4.69) is 22.5 Å². The molecule has 2 aromatic rings. The van der Waals surface area contributed by atoms with Gasteiger partial charge in [-0.25, -0.2) is 0 Å². The van der Waals surface area contributed by atoms with Gasteiger partial charge in [0.2, 0.25) is 0 Å². The molecule has 3 nitrogen and oxygen atoms in total. The highest BCUT2D eigenvalue weighted by atomic mass is 79.9. The molecule has 118 valence electrons. The summed E-state index contributed by atoms with van der Waals surface area (Å²) in [6.45, 7) is 4.02. The van der Waals surface area contributed by atoms with Crippen molar-refractivity contribution in [1.29, 1.82) is 0 Å². The lowest BCUT2D eigenvalue weighted by atomic mass is 10.1. The third-order valence-corrected chi connectivity index (χ3v) is 3.80. The lowest BCUT2D eigenvalue weighted by Crippen LogP contribution is -1.97. The molecule has 2 aromatic carbocycles. The van der Waals surface area contributed by atoms with Gasteiger partial charge in [0.05, 0.1) is 7.11 Å². The third-order valence-electron chi connectivity index (χ3n) is 3.11. The largest absolute Gasteiger partial charge is 0.493 e. The first kappa shape index (κ1) is 17.0. The zero-order chi connectivity index (χ0) is 16.7. The molecule has 0 amide bonds. The number of allylic oxidation sites excluding steroid dienone is 1. The predicted molar refractivity (Wildman–Crippen MR) is 96.2 cm³/mol. The van der Waals surface area contributed by atoms with Gasteiger partial charge in [0.25, 0.3) is 0 Å². The smallest absolute Gasteiger partial charge is 0.186 e. The average molecular weight is 373 g/mol. The topological polar surface area (TPSA) is 35.5 Å². The maximum atomic E-state index is 12.2. The van der Waals surface area contributed by atoms with Crippen molar-refractivity contribution < 1.29 is 14.3 Å². The number of rotatable bonds is 7. The summed E-state index contributed by atoms with van der Waals surface area (Å²) in [6, 6.07) is 12.8. The van der Waals surface area contributed by atoms with Gasteiger partial charge in [-0.3, -0.25) is 4.79 Å². The number of benzene rings is 2. The summed E-state index contributed by atoms with van der Waals surface area (Å²) in [6.07, 6.45) is 4.96. The maximum Gasteiger partial charge on any atom is 0.186 e. The molecule has 0 saturated heterocycles. The van der Waals surface area contributed by atoms with Crippen LogP contribution in [0.1, 0.15) is 15.9 Å². The molecule has 0 aliphatic rings. The van der Waals surface area contributed by atoms with Crippen LogP contribution in [-0.2, 0) is 0 Å². The summed E-state index contributed by atoms with van der Waals surface area (Å²) in [5.41, 5.74) is 1.48. The van der Waals surface area contributed by atoms with Crippen LogP contribution in [0.2, 0.25) is 0 Å². The first-order valence-corrected chi connectivity index (χ1v) is 7.83. The molecule has 2 rings (SSSR count). The second kappa shape index (κ2) is 8.34. The Bertz CT molecular complexity index is 735. The minimum atomic E-state index is -0.0663. The van der Waals surface area contributed by atoms with Crippen molar-refractivity contribution >= 4 is 27.8 Å². The van der Waals surface area contributed by atoms with Crippen molar-refractivity contribution in [3.8, 4) is 11.5 Å². The number of hydrogen-bond acceptors (Lipinski definition) is 3. The van der Waals surface area contributed by atoms with Gasteiger partial charge in [-0.05, 0) is 35.9 Å². The molecule has 0 heterocycles. The molecule has 0 aromatic heterocycles. The van der Waals surface area contributed by atoms with Gasteiger partial charge in [0.1, 0.15) is 6.61 Å². The van der Waals surface area contributed by atoms with Crippen LogP contribution in [0.3, 0.4) is 0 Å². The Morgan fingerprint density at radius 1 is 1.22 bits per heavy atom. The Hall–Kier alpha value is -2.33. The number of halogens is 1. The van der Waals surface area contributed by atoms with Crippen LogP contribution in [0.4, 0.5) is 0 Å². The van der Waals surface area contributed by atoms with Crippen molar-refractivity contribution in [2.24, 2.45) is 0 Å². The van der Waals surface area contributed by atoms with Crippen molar-refractivity contribution in [3.63, 3.8) is 0 Å². The fourth-order valence-electron chi connectivity index (χ4n) is 1.98. The Morgan fingerprint density at radius 2 is 2.00 bits per heavy atom. The molecule has 0 radical (unpaired) electrons. The van der Waals surface area contributed by atoms with Gasteiger partial charge in [0.15, 0.2) is 17.3 Å². The molecular formula is C19H17BrO3. The number of hydrogen-bond donors (Lipinski definition) is 0. The van der Waals surface area contributed by atoms with Crippen LogP contribution in [0.5, 0.6) is 11.5 Å². The summed E-state index contributed by atoms with van der Waals surface area (Å²) in [5.74, 6) is 1.19. The zero-order valence-corrected chi connectivity index (χ0v) is 14.4. The highest BCUT2D eigenvalue weighted by Crippen LogP contribution is 2.28. The zero-order valence-electron chi connectivity index (χ0n) is 12.8. The maximum absolute atomic E-state index is 12.2. The van der Waals surface area contributed by atoms with E-state index in [1.54, 1.807) is 31.4 Å². The standard InChI is InChI=1S/C19H17BrO3/c1-3-12-23-18-11-9-14(13-19(18)22-2)8-10-17(21)15-6-4-5-7-16(15)20/h3-11,13H,1,12H2,2H3/b10-8+. The number of carbonyl (C=O) groups excluding carboxylic acids is 1. The quantitative estimate of drug-likeness (QED) is 0.393. The fourth-order valence-corrected chi connectivity index (χ4v) is 2.46. The molecule has 0 atom stereocenters. The molecule has 0 fully saturated rings. The van der Waals surface area contributed by atoms with Gasteiger partial charge in [-0.15, -0.1) is 0 Å². The molecule has 0 aliphatic carbocycles. The summed E-state index contributed by atoms with van der Waals surface area (Å²) in [7, 11) is 1.58. The second-order valence-electron chi connectivity index (χ2n) is 4.69. The number of ether oxygens (including phenoxy) is 2. The molecule has 0 bridgehead atoms. The van der Waals surface area contributed by atoms with Gasteiger partial charge >= 0.3 is 0 Å². The van der Waals surface area contributed by atoms with Crippen molar-refractivity contribution in [3.05, 3.63) is 76.8 Å². The minimum Gasteiger partial charge on any atom is -0.493 e. The van der Waals surface area contributed by atoms with Crippen LogP contribution in [0, 0.1) is 0 Å². The van der Waals surface area contributed by atoms with Gasteiger partial charge in [-0.2, -0.15) is 0 Å². The van der Waals surface area contributed by atoms with E-state index in [1.165, 1.54) is 0 Å². The first-order valence-electron chi connectivity index (χ1n) is 7.04. The highest BCUT2D eigenvalue weighted by Gasteiger charge is 2.07. The van der Waals surface area contributed by atoms with Crippen LogP contribution < -0.4 is 9.47 Å². The van der Waals surface area contributed by atoms with E-state index in [0.717, 1.165) is 10.0 Å². The van der Waals surface area contributed by atoms with Crippen molar-refractivity contribution in [2.75, 3.05) is 13.7 Å². The van der Waals surface area contributed by atoms with E-state index in [1.807, 2.05) is 36.4 Å². The SMILES string of the molecule is C=CCOc1ccc(/C=C/C(=O)c2ccccc2Br)cc1OC. The van der Waals surface area contributed by atoms with Crippen LogP contribution >= 0.6 is 15.9 Å². The first-order chi connectivity index (χ1) is 11.2. The monoisotopic (exact) mass is 372 g/mol. The average Bonchev–Trinajstić information content (AvgIpc) is 2.58. The Labute approximate surface area is 144 Å². The highest BCUT2D eigenvalue weighted by molar-refractivity contribution is 9.10. The van der Waals surface area contributed by atoms with Gasteiger partial charge in [-0.1, -0.05) is 52.9 Å². The van der Waals surface area contributed by atoms with E-state index >= 15 is 0 Å². The van der Waals surface area contributed by atoms with Gasteiger partial charge < -0.3 is 9.47 Å². The lowest BCUT2D eigenvalue weighted by Gasteiger charge is -2.09. The molecule has 0 spiro atoms. The normalized spacial score (nSPS) is 10.5. The Morgan fingerprint density at radius 3 is 2.70 bits per heavy atom. The fraction of sp³-hybridized carbons (Fsp3) is 0.105. The molecule has 23 heavy (non-hydrogen) atoms. The van der Waals surface area contributed by atoms with E-state index < -0.39 is 0 Å². The van der Waals surface area contributed by atoms with E-state index in [-0.39, 0.29) is 5.78 Å². The van der Waals surface area contributed by atoms with E-state index in [9.17, 15) is 4.79 Å². The number of ketones is 1. The molecule has 4 heteroatoms. The molecule has 0 N–H and O–H groups in total. The van der Waals surface area contributed by atoms with Crippen molar-refractivity contribution in [1.82, 2.24) is 0 Å². The van der Waals surface area contributed by atoms with Crippen LogP contribution in [0.25, 0.3) is 6.08 Å². The Kier molecular flexibility index (Phi) is 6.18. The molecule has 0 aliphatic heterocycles. The van der Waals surface area contributed by atoms with Crippen LogP contribution in [0.15, 0.2) is 65.7 Å². The van der Waals surface area contributed by atoms with Gasteiger partial charge in [0, 0.05) is 10.0 Å². The number of carbonyl (C=O) groups is 1.